The van der Waals surface area contributed by atoms with E-state index in [1.165, 1.54) is 24.3 Å². The van der Waals surface area contributed by atoms with Gasteiger partial charge in [-0.2, -0.15) is 0 Å². The van der Waals surface area contributed by atoms with Gasteiger partial charge in [0.25, 0.3) is 0 Å². The maximum Gasteiger partial charge on any atom is 0.338 e. The summed E-state index contributed by atoms with van der Waals surface area (Å²) in [7, 11) is 0. The van der Waals surface area contributed by atoms with Crippen LogP contribution in [0, 0.1) is 6.85 Å². The molecule has 64 valence electrons. The molecule has 0 saturated carbocycles. The summed E-state index contributed by atoms with van der Waals surface area (Å²) in [6, 6.07) is 5.75. The zero-order chi connectivity index (χ0) is 11.5. The highest BCUT2D eigenvalue weighted by molar-refractivity contribution is 5.89. The van der Waals surface area contributed by atoms with E-state index in [4.69, 9.17) is 8.85 Å². The smallest absolute Gasteiger partial charge is 0.338 e. The summed E-state index contributed by atoms with van der Waals surface area (Å²) in [5.74, 6) is -0.436. The third-order valence-corrected chi connectivity index (χ3v) is 1.40. The van der Waals surface area contributed by atoms with E-state index in [2.05, 4.69) is 0 Å². The van der Waals surface area contributed by atoms with Gasteiger partial charge in [-0.25, -0.2) is 4.79 Å². The van der Waals surface area contributed by atoms with E-state index in [1.54, 1.807) is 6.92 Å². The second kappa shape index (κ2) is 3.90. The maximum absolute atomic E-state index is 11.2. The lowest BCUT2D eigenvalue weighted by molar-refractivity contribution is 0.0526. The molecule has 1 rings (SSSR count). The fourth-order valence-corrected chi connectivity index (χ4v) is 0.821. The van der Waals surface area contributed by atoms with Gasteiger partial charge in [-0.15, -0.1) is 0 Å². The summed E-state index contributed by atoms with van der Waals surface area (Å²) in [4.78, 5) is 11.2. The van der Waals surface area contributed by atoms with Crippen molar-refractivity contribution in [3.05, 3.63) is 35.4 Å². The first-order valence-corrected chi connectivity index (χ1v) is 3.73. The predicted molar refractivity (Wildman–Crippen MR) is 47.1 cm³/mol. The molecule has 2 nitrogen and oxygen atoms in total. The molecule has 0 aliphatic heterocycles. The van der Waals surface area contributed by atoms with E-state index in [9.17, 15) is 4.79 Å². The van der Waals surface area contributed by atoms with Crippen molar-refractivity contribution >= 4 is 5.97 Å². The van der Waals surface area contributed by atoms with Gasteiger partial charge in [0.2, 0.25) is 0 Å². The number of aryl methyl sites for hydroxylation is 1. The van der Waals surface area contributed by atoms with Gasteiger partial charge in [0.15, 0.2) is 0 Å². The SMILES string of the molecule is [2H]C([2H])([2H])c1ccc(C(=O)OCC)cc1. The average Bonchev–Trinajstić information content (AvgIpc) is 2.17. The van der Waals surface area contributed by atoms with Crippen LogP contribution in [0.4, 0.5) is 0 Å². The number of benzene rings is 1. The van der Waals surface area contributed by atoms with Gasteiger partial charge in [0, 0.05) is 4.11 Å². The van der Waals surface area contributed by atoms with Crippen LogP contribution in [0.2, 0.25) is 0 Å². The van der Waals surface area contributed by atoms with Gasteiger partial charge < -0.3 is 4.74 Å². The summed E-state index contributed by atoms with van der Waals surface area (Å²) >= 11 is 0. The molecule has 0 heterocycles. The monoisotopic (exact) mass is 167 g/mol. The molecule has 0 fully saturated rings. The summed E-state index contributed by atoms with van der Waals surface area (Å²) in [5, 5.41) is 0. The van der Waals surface area contributed by atoms with E-state index in [0.29, 0.717) is 12.2 Å². The zero-order valence-corrected chi connectivity index (χ0v) is 6.83. The fraction of sp³-hybridized carbons (Fsp3) is 0.300. The topological polar surface area (TPSA) is 26.3 Å². The molecule has 0 amide bonds. The minimum absolute atomic E-state index is 0.218. The van der Waals surface area contributed by atoms with Crippen LogP contribution in [0.5, 0.6) is 0 Å². The molecular weight excluding hydrogens is 152 g/mol. The number of carbonyl (C=O) groups excluding carboxylic acids is 1. The van der Waals surface area contributed by atoms with Crippen LogP contribution in [0.25, 0.3) is 0 Å². The van der Waals surface area contributed by atoms with Crippen LogP contribution < -0.4 is 0 Å². The van der Waals surface area contributed by atoms with Gasteiger partial charge in [-0.3, -0.25) is 0 Å². The summed E-state index contributed by atoms with van der Waals surface area (Å²) in [6.45, 7) is -0.109. The van der Waals surface area contributed by atoms with Gasteiger partial charge in [-0.05, 0) is 25.9 Å². The fourth-order valence-electron chi connectivity index (χ4n) is 0.821. The van der Waals surface area contributed by atoms with Crippen LogP contribution in [0.3, 0.4) is 0 Å². The molecule has 1 aromatic carbocycles. The number of rotatable bonds is 2. The Balaban J connectivity index is 2.86. The molecule has 0 atom stereocenters. The van der Waals surface area contributed by atoms with Crippen LogP contribution in [0.15, 0.2) is 24.3 Å². The molecule has 0 spiro atoms. The summed E-state index contributed by atoms with van der Waals surface area (Å²) in [5.41, 5.74) is 0.584. The number of hydrogen-bond acceptors (Lipinski definition) is 2. The van der Waals surface area contributed by atoms with E-state index in [1.807, 2.05) is 0 Å². The molecular formula is C10H12O2. The third-order valence-electron chi connectivity index (χ3n) is 1.40. The highest BCUT2D eigenvalue weighted by atomic mass is 16.5. The number of carbonyl (C=O) groups is 1. The van der Waals surface area contributed by atoms with Crippen LogP contribution >= 0.6 is 0 Å². The Morgan fingerprint density at radius 2 is 2.17 bits per heavy atom. The Kier molecular flexibility index (Phi) is 1.74. The van der Waals surface area contributed by atoms with Crippen molar-refractivity contribution < 1.29 is 13.6 Å². The normalized spacial score (nSPS) is 14.2. The van der Waals surface area contributed by atoms with Gasteiger partial charge in [0.05, 0.1) is 12.2 Å². The third kappa shape index (κ3) is 2.09. The van der Waals surface area contributed by atoms with E-state index >= 15 is 0 Å². The van der Waals surface area contributed by atoms with Gasteiger partial charge in [0.1, 0.15) is 0 Å². The lowest BCUT2D eigenvalue weighted by Crippen LogP contribution is -2.03. The molecule has 2 heteroatoms. The number of hydrogen-bond donors (Lipinski definition) is 0. The Hall–Kier alpha value is -1.31. The van der Waals surface area contributed by atoms with Crippen molar-refractivity contribution in [2.24, 2.45) is 0 Å². The van der Waals surface area contributed by atoms with Crippen molar-refractivity contribution in [1.82, 2.24) is 0 Å². The predicted octanol–water partition coefficient (Wildman–Crippen LogP) is 2.17. The van der Waals surface area contributed by atoms with Crippen molar-refractivity contribution in [1.29, 1.82) is 0 Å². The molecule has 0 N–H and O–H groups in total. The lowest BCUT2D eigenvalue weighted by atomic mass is 10.1. The molecule has 0 aliphatic carbocycles. The molecule has 1 aromatic rings. The first-order valence-electron chi connectivity index (χ1n) is 5.23. The molecule has 0 radical (unpaired) electrons. The molecule has 12 heavy (non-hydrogen) atoms. The molecule has 0 unspecified atom stereocenters. The first kappa shape index (κ1) is 5.36. The minimum atomic E-state index is -2.13. The summed E-state index contributed by atoms with van der Waals surface area (Å²) in [6.07, 6.45) is 0. The van der Waals surface area contributed by atoms with Crippen LogP contribution in [-0.4, -0.2) is 12.6 Å². The van der Waals surface area contributed by atoms with Gasteiger partial charge >= 0.3 is 5.97 Å². The quantitative estimate of drug-likeness (QED) is 0.631. The van der Waals surface area contributed by atoms with E-state index in [0.717, 1.165) is 0 Å². The molecule has 0 aliphatic rings. The van der Waals surface area contributed by atoms with E-state index < -0.39 is 12.8 Å². The largest absolute Gasteiger partial charge is 0.462 e. The number of esters is 1. The zero-order valence-electron chi connectivity index (χ0n) is 9.83. The summed E-state index contributed by atoms with van der Waals surface area (Å²) < 4.78 is 26.2. The molecule has 0 aromatic heterocycles. The van der Waals surface area contributed by atoms with Crippen molar-refractivity contribution in [3.63, 3.8) is 0 Å². The van der Waals surface area contributed by atoms with Gasteiger partial charge in [-0.1, -0.05) is 17.7 Å². The Bertz CT molecular complexity index is 341. The van der Waals surface area contributed by atoms with Crippen molar-refractivity contribution in [2.45, 2.75) is 13.8 Å². The lowest BCUT2D eigenvalue weighted by Gasteiger charge is -2.00. The van der Waals surface area contributed by atoms with E-state index in [-0.39, 0.29) is 5.56 Å². The highest BCUT2D eigenvalue weighted by Crippen LogP contribution is 2.04. The first-order chi connectivity index (χ1) is 6.95. The highest BCUT2D eigenvalue weighted by Gasteiger charge is 2.03. The number of ether oxygens (including phenoxy) is 1. The Morgan fingerprint density at radius 1 is 1.50 bits per heavy atom. The Morgan fingerprint density at radius 3 is 2.67 bits per heavy atom. The molecule has 0 saturated heterocycles. The second-order valence-corrected chi connectivity index (χ2v) is 2.30. The van der Waals surface area contributed by atoms with Crippen LogP contribution in [-0.2, 0) is 4.74 Å². The van der Waals surface area contributed by atoms with Crippen molar-refractivity contribution in [2.75, 3.05) is 6.61 Å². The Labute approximate surface area is 76.4 Å². The standard InChI is InChI=1S/C10H12O2/c1-3-12-10(11)9-6-4-8(2)5-7-9/h4-7H,3H2,1-2H3/i2D3. The average molecular weight is 167 g/mol. The maximum atomic E-state index is 11.2. The second-order valence-electron chi connectivity index (χ2n) is 2.30. The molecule has 0 bridgehead atoms. The van der Waals surface area contributed by atoms with Crippen molar-refractivity contribution in [3.8, 4) is 0 Å². The minimum Gasteiger partial charge on any atom is -0.462 e. The van der Waals surface area contributed by atoms with Crippen LogP contribution in [0.1, 0.15) is 27.0 Å².